The molecule has 0 bridgehead atoms. The van der Waals surface area contributed by atoms with Gasteiger partial charge in [-0.15, -0.1) is 11.3 Å². The van der Waals surface area contributed by atoms with Crippen molar-refractivity contribution in [2.75, 3.05) is 19.7 Å². The van der Waals surface area contributed by atoms with Crippen LogP contribution in [0.2, 0.25) is 0 Å². The Morgan fingerprint density at radius 3 is 2.37 bits per heavy atom. The molecule has 8 nitrogen and oxygen atoms in total. The van der Waals surface area contributed by atoms with Crippen molar-refractivity contribution in [3.63, 3.8) is 0 Å². The van der Waals surface area contributed by atoms with Crippen molar-refractivity contribution in [2.45, 2.75) is 32.2 Å². The SMILES string of the molecule is CCN(CCC(=O)O)C(=O)Cc1csc(CNC(=O)OCC2c3ccccc3-c3ccccc32)n1. The van der Waals surface area contributed by atoms with E-state index in [2.05, 4.69) is 34.6 Å². The lowest BCUT2D eigenvalue weighted by molar-refractivity contribution is -0.138. The summed E-state index contributed by atoms with van der Waals surface area (Å²) in [6.45, 7) is 2.86. The maximum atomic E-state index is 12.4. The van der Waals surface area contributed by atoms with Gasteiger partial charge in [0.05, 0.1) is 25.1 Å². The van der Waals surface area contributed by atoms with Gasteiger partial charge in [-0.2, -0.15) is 0 Å². The Bertz CT molecular complexity index is 1180. The van der Waals surface area contributed by atoms with Crippen molar-refractivity contribution in [3.8, 4) is 11.1 Å². The number of amides is 2. The summed E-state index contributed by atoms with van der Waals surface area (Å²) in [5, 5.41) is 14.0. The molecule has 9 heteroatoms. The third-order valence-electron chi connectivity index (χ3n) is 5.99. The summed E-state index contributed by atoms with van der Waals surface area (Å²) in [5.74, 6) is -1.12. The number of alkyl carbamates (subject to hydrolysis) is 1. The van der Waals surface area contributed by atoms with Gasteiger partial charge in [0, 0.05) is 24.4 Å². The van der Waals surface area contributed by atoms with Gasteiger partial charge in [-0.05, 0) is 29.2 Å². The highest BCUT2D eigenvalue weighted by atomic mass is 32.1. The molecule has 0 radical (unpaired) electrons. The number of carboxylic acid groups (broad SMARTS) is 1. The number of nitrogens with zero attached hydrogens (tertiary/aromatic N) is 2. The van der Waals surface area contributed by atoms with E-state index in [4.69, 9.17) is 9.84 Å². The first-order valence-electron chi connectivity index (χ1n) is 11.5. The lowest BCUT2D eigenvalue weighted by Crippen LogP contribution is -2.34. The van der Waals surface area contributed by atoms with E-state index in [0.717, 1.165) is 11.1 Å². The summed E-state index contributed by atoms with van der Waals surface area (Å²) >= 11 is 1.35. The molecule has 0 atom stereocenters. The molecule has 2 N–H and O–H groups in total. The summed E-state index contributed by atoms with van der Waals surface area (Å²) in [6.07, 6.45) is -0.522. The van der Waals surface area contributed by atoms with Crippen LogP contribution in [0.1, 0.15) is 41.1 Å². The minimum Gasteiger partial charge on any atom is -0.481 e. The first-order chi connectivity index (χ1) is 17.0. The van der Waals surface area contributed by atoms with E-state index in [0.29, 0.717) is 17.2 Å². The minimum absolute atomic E-state index is 0.00623. The number of ether oxygens (including phenoxy) is 1. The number of benzene rings is 2. The summed E-state index contributed by atoms with van der Waals surface area (Å²) < 4.78 is 5.54. The molecule has 0 spiro atoms. The van der Waals surface area contributed by atoms with Gasteiger partial charge in [0.25, 0.3) is 0 Å². The zero-order valence-corrected chi connectivity index (χ0v) is 20.2. The average molecular weight is 494 g/mol. The number of thiazole rings is 1. The van der Waals surface area contributed by atoms with Crippen molar-refractivity contribution in [1.29, 1.82) is 0 Å². The highest BCUT2D eigenvalue weighted by Gasteiger charge is 2.29. The first-order valence-corrected chi connectivity index (χ1v) is 12.4. The number of aromatic nitrogens is 1. The van der Waals surface area contributed by atoms with Crippen LogP contribution in [0.15, 0.2) is 53.9 Å². The van der Waals surface area contributed by atoms with Crippen LogP contribution in [-0.4, -0.2) is 52.7 Å². The van der Waals surface area contributed by atoms with E-state index < -0.39 is 12.1 Å². The van der Waals surface area contributed by atoms with E-state index in [9.17, 15) is 14.4 Å². The zero-order valence-electron chi connectivity index (χ0n) is 19.4. The predicted molar refractivity (Wildman–Crippen MR) is 132 cm³/mol. The molecule has 1 aliphatic rings. The number of carboxylic acids is 1. The molecular weight excluding hydrogens is 466 g/mol. The Morgan fingerprint density at radius 1 is 1.09 bits per heavy atom. The van der Waals surface area contributed by atoms with Crippen molar-refractivity contribution < 1.29 is 24.2 Å². The molecule has 1 aromatic heterocycles. The molecule has 0 unspecified atom stereocenters. The smallest absolute Gasteiger partial charge is 0.407 e. The number of rotatable bonds is 10. The molecule has 2 amide bonds. The van der Waals surface area contributed by atoms with Gasteiger partial charge >= 0.3 is 12.1 Å². The van der Waals surface area contributed by atoms with Crippen LogP contribution in [0.25, 0.3) is 11.1 Å². The van der Waals surface area contributed by atoms with Crippen LogP contribution in [0.4, 0.5) is 4.79 Å². The second-order valence-corrected chi connectivity index (χ2v) is 9.15. The normalized spacial score (nSPS) is 12.0. The van der Waals surface area contributed by atoms with Crippen LogP contribution in [0.5, 0.6) is 0 Å². The van der Waals surface area contributed by atoms with Crippen molar-refractivity contribution >= 4 is 29.3 Å². The van der Waals surface area contributed by atoms with Gasteiger partial charge in [0.15, 0.2) is 0 Å². The molecule has 0 fully saturated rings. The molecule has 0 aliphatic heterocycles. The molecule has 4 rings (SSSR count). The molecule has 182 valence electrons. The number of carbonyl (C=O) groups excluding carboxylic acids is 2. The van der Waals surface area contributed by atoms with Crippen LogP contribution in [0, 0.1) is 0 Å². The number of likely N-dealkylation sites (N-methyl/N-ethyl adjacent to an activating group) is 1. The second kappa shape index (κ2) is 11.1. The predicted octanol–water partition coefficient (Wildman–Crippen LogP) is 4.05. The summed E-state index contributed by atoms with van der Waals surface area (Å²) in [6, 6.07) is 16.3. The van der Waals surface area contributed by atoms with Gasteiger partial charge in [0.1, 0.15) is 11.6 Å². The Labute approximate surface area is 207 Å². The van der Waals surface area contributed by atoms with E-state index in [1.165, 1.54) is 27.4 Å². The Hall–Kier alpha value is -3.72. The molecule has 1 aliphatic carbocycles. The molecule has 35 heavy (non-hydrogen) atoms. The van der Waals surface area contributed by atoms with Gasteiger partial charge in [-0.1, -0.05) is 48.5 Å². The Balaban J connectivity index is 1.27. The molecule has 0 saturated carbocycles. The highest BCUT2D eigenvalue weighted by molar-refractivity contribution is 7.09. The minimum atomic E-state index is -0.938. The summed E-state index contributed by atoms with van der Waals surface area (Å²) in [7, 11) is 0. The highest BCUT2D eigenvalue weighted by Crippen LogP contribution is 2.44. The maximum absolute atomic E-state index is 12.4. The fraction of sp³-hybridized carbons (Fsp3) is 0.308. The van der Waals surface area contributed by atoms with Crippen LogP contribution in [0.3, 0.4) is 0 Å². The Morgan fingerprint density at radius 2 is 1.74 bits per heavy atom. The molecule has 2 aromatic carbocycles. The molecular formula is C26H27N3O5S. The monoisotopic (exact) mass is 493 g/mol. The van der Waals surface area contributed by atoms with E-state index >= 15 is 0 Å². The number of hydrogen-bond acceptors (Lipinski definition) is 6. The number of aliphatic carboxylic acids is 1. The topological polar surface area (TPSA) is 109 Å². The van der Waals surface area contributed by atoms with Crippen LogP contribution >= 0.6 is 11.3 Å². The number of carbonyl (C=O) groups is 3. The lowest BCUT2D eigenvalue weighted by Gasteiger charge is -2.19. The lowest BCUT2D eigenvalue weighted by atomic mass is 9.98. The van der Waals surface area contributed by atoms with Gasteiger partial charge in [-0.3, -0.25) is 9.59 Å². The number of nitrogens with one attached hydrogen (secondary N) is 1. The van der Waals surface area contributed by atoms with Crippen molar-refractivity contribution in [2.24, 2.45) is 0 Å². The fourth-order valence-corrected chi connectivity index (χ4v) is 5.00. The number of hydrogen-bond donors (Lipinski definition) is 2. The third kappa shape index (κ3) is 5.86. The van der Waals surface area contributed by atoms with Crippen LogP contribution in [-0.2, 0) is 27.3 Å². The molecule has 3 aromatic rings. The fourth-order valence-electron chi connectivity index (χ4n) is 4.27. The summed E-state index contributed by atoms with van der Waals surface area (Å²) in [5.41, 5.74) is 5.25. The van der Waals surface area contributed by atoms with Crippen LogP contribution < -0.4 is 5.32 Å². The van der Waals surface area contributed by atoms with Gasteiger partial charge in [-0.25, -0.2) is 9.78 Å². The second-order valence-electron chi connectivity index (χ2n) is 8.21. The maximum Gasteiger partial charge on any atom is 0.407 e. The van der Waals surface area contributed by atoms with Crippen molar-refractivity contribution in [1.82, 2.24) is 15.2 Å². The molecule has 1 heterocycles. The Kier molecular flexibility index (Phi) is 7.77. The molecule has 0 saturated heterocycles. The zero-order chi connectivity index (χ0) is 24.8. The van der Waals surface area contributed by atoms with E-state index in [-0.39, 0.29) is 44.4 Å². The average Bonchev–Trinajstić information content (AvgIpc) is 3.43. The van der Waals surface area contributed by atoms with E-state index in [1.54, 1.807) is 5.38 Å². The largest absolute Gasteiger partial charge is 0.481 e. The summed E-state index contributed by atoms with van der Waals surface area (Å²) in [4.78, 5) is 41.5. The quantitative estimate of drug-likeness (QED) is 0.441. The third-order valence-corrected chi connectivity index (χ3v) is 6.89. The first kappa shape index (κ1) is 24.4. The van der Waals surface area contributed by atoms with E-state index in [1.807, 2.05) is 31.2 Å². The van der Waals surface area contributed by atoms with Crippen molar-refractivity contribution in [3.05, 3.63) is 75.7 Å². The number of fused-ring (bicyclic) bond motifs is 3. The standard InChI is InChI=1S/C26H27N3O5S/c1-2-29(12-11-25(31)32)24(30)13-17-16-35-23(28-17)14-27-26(33)34-15-22-20-9-5-3-7-18(20)19-8-4-6-10-21(19)22/h3-10,16,22H,2,11-15H2,1H3,(H,27,33)(H,31,32). The van der Waals surface area contributed by atoms with Gasteiger partial charge in [0.2, 0.25) is 5.91 Å². The van der Waals surface area contributed by atoms with Gasteiger partial charge < -0.3 is 20.1 Å².